The summed E-state index contributed by atoms with van der Waals surface area (Å²) in [4.78, 5) is 2.21. The second-order valence-corrected chi connectivity index (χ2v) is 11.3. The Balaban J connectivity index is 1.92. The molecule has 1 aromatic carbocycles. The van der Waals surface area contributed by atoms with E-state index in [1.165, 1.54) is 5.56 Å². The molecule has 0 amide bonds. The predicted octanol–water partition coefficient (Wildman–Crippen LogP) is 5.30. The molecule has 2 heterocycles. The van der Waals surface area contributed by atoms with Gasteiger partial charge in [0.15, 0.2) is 5.75 Å². The van der Waals surface area contributed by atoms with E-state index in [9.17, 15) is 4.57 Å². The molecule has 5 nitrogen and oxygen atoms in total. The number of benzene rings is 1. The molecule has 0 bridgehead atoms. The zero-order chi connectivity index (χ0) is 19.3. The average Bonchev–Trinajstić information content (AvgIpc) is 2.79. The molecule has 0 aromatic heterocycles. The molecule has 2 unspecified atom stereocenters. The molecule has 0 saturated carbocycles. The lowest BCUT2D eigenvalue weighted by molar-refractivity contribution is 0.0967. The first-order chi connectivity index (χ1) is 11.9. The first kappa shape index (κ1) is 19.7. The van der Waals surface area contributed by atoms with Crippen LogP contribution in [-0.2, 0) is 19.9 Å². The molecule has 6 heteroatoms. The summed E-state index contributed by atoms with van der Waals surface area (Å²) in [6.45, 7) is 14.9. The van der Waals surface area contributed by atoms with E-state index in [0.29, 0.717) is 5.75 Å². The normalized spacial score (nSPS) is 27.0. The molecule has 1 saturated heterocycles. The van der Waals surface area contributed by atoms with Gasteiger partial charge in [0.05, 0.1) is 11.8 Å². The Bertz CT molecular complexity index is 734. The zero-order valence-electron chi connectivity index (χ0n) is 17.2. The largest absolute Gasteiger partial charge is 0.487 e. The van der Waals surface area contributed by atoms with Crippen molar-refractivity contribution < 1.29 is 13.6 Å². The molecule has 3 rings (SSSR count). The van der Waals surface area contributed by atoms with Crippen LogP contribution in [0.4, 0.5) is 5.69 Å². The van der Waals surface area contributed by atoms with E-state index in [4.69, 9.17) is 9.05 Å². The first-order valence-electron chi connectivity index (χ1n) is 9.51. The average molecular weight is 380 g/mol. The van der Waals surface area contributed by atoms with Crippen molar-refractivity contribution in [3.63, 3.8) is 0 Å². The Kier molecular flexibility index (Phi) is 4.96. The minimum Gasteiger partial charge on any atom is -0.407 e. The fraction of sp³-hybridized carbons (Fsp3) is 0.700. The molecule has 2 aliphatic rings. The van der Waals surface area contributed by atoms with Gasteiger partial charge in [0.1, 0.15) is 0 Å². The Hall–Kier alpha value is -1.03. The molecule has 26 heavy (non-hydrogen) atoms. The fourth-order valence-electron chi connectivity index (χ4n) is 3.54. The molecule has 0 spiro atoms. The van der Waals surface area contributed by atoms with Crippen molar-refractivity contribution in [2.75, 3.05) is 25.2 Å². The Morgan fingerprint density at radius 1 is 1.19 bits per heavy atom. The molecular formula is C20H33N2O3P. The highest BCUT2D eigenvalue weighted by atomic mass is 31.2. The molecular weight excluding hydrogens is 347 g/mol. The van der Waals surface area contributed by atoms with Crippen LogP contribution in [0.25, 0.3) is 0 Å². The molecule has 0 radical (unpaired) electrons. The molecule has 1 aromatic rings. The van der Waals surface area contributed by atoms with E-state index < -0.39 is 7.75 Å². The third-order valence-corrected chi connectivity index (χ3v) is 6.61. The number of hydrogen-bond acceptors (Lipinski definition) is 4. The minimum atomic E-state index is -3.39. The maximum atomic E-state index is 13.3. The van der Waals surface area contributed by atoms with Crippen molar-refractivity contribution in [3.05, 3.63) is 23.3 Å². The van der Waals surface area contributed by atoms with Gasteiger partial charge in [0.2, 0.25) is 0 Å². The second-order valence-electron chi connectivity index (χ2n) is 9.73. The third kappa shape index (κ3) is 4.11. The van der Waals surface area contributed by atoms with E-state index in [-0.39, 0.29) is 16.9 Å². The van der Waals surface area contributed by atoms with Crippen LogP contribution in [0.3, 0.4) is 0 Å². The van der Waals surface area contributed by atoms with E-state index in [2.05, 4.69) is 70.7 Å². The second kappa shape index (κ2) is 6.54. The summed E-state index contributed by atoms with van der Waals surface area (Å²) >= 11 is 0. The van der Waals surface area contributed by atoms with Crippen molar-refractivity contribution in [2.45, 2.75) is 71.3 Å². The molecule has 2 aliphatic heterocycles. The van der Waals surface area contributed by atoms with Crippen molar-refractivity contribution >= 4 is 13.4 Å². The van der Waals surface area contributed by atoms with Crippen molar-refractivity contribution in [1.82, 2.24) is 4.90 Å². The maximum Gasteiger partial charge on any atom is 0.487 e. The Labute approximate surface area is 158 Å². The molecule has 1 N–H and O–H groups in total. The first-order valence-corrected chi connectivity index (χ1v) is 11.1. The van der Waals surface area contributed by atoms with Crippen molar-refractivity contribution in [2.24, 2.45) is 0 Å². The van der Waals surface area contributed by atoms with Crippen LogP contribution in [0.2, 0.25) is 0 Å². The number of likely N-dealkylation sites (N-methyl/N-ethyl adjacent to an activating group) is 1. The summed E-state index contributed by atoms with van der Waals surface area (Å²) in [6.07, 6.45) is 1.89. The summed E-state index contributed by atoms with van der Waals surface area (Å²) in [5.41, 5.74) is 2.93. The quantitative estimate of drug-likeness (QED) is 0.705. The minimum absolute atomic E-state index is 0.00374. The Morgan fingerprint density at radius 3 is 2.46 bits per heavy atom. The van der Waals surface area contributed by atoms with Crippen LogP contribution in [0.15, 0.2) is 12.1 Å². The van der Waals surface area contributed by atoms with Crippen LogP contribution in [0.5, 0.6) is 5.75 Å². The van der Waals surface area contributed by atoms with Crippen LogP contribution in [-0.4, -0.2) is 31.1 Å². The standard InChI is InChI=1S/C20H33N2O3P/c1-19(2,3)14-11-16(20(4,5)6)18-17(12-14)21-26(23,25-18)24-15-9-8-10-22(7)13-15/h11-12,15H,8-10,13H2,1-7H3,(H,21,23). The van der Waals surface area contributed by atoms with Gasteiger partial charge in [-0.25, -0.2) is 4.57 Å². The number of hydrogen-bond donors (Lipinski definition) is 1. The van der Waals surface area contributed by atoms with E-state index in [0.717, 1.165) is 37.2 Å². The van der Waals surface area contributed by atoms with Gasteiger partial charge in [-0.15, -0.1) is 0 Å². The topological polar surface area (TPSA) is 50.8 Å². The van der Waals surface area contributed by atoms with Crippen LogP contribution in [0, 0.1) is 0 Å². The van der Waals surface area contributed by atoms with Crippen LogP contribution in [0.1, 0.15) is 65.5 Å². The highest BCUT2D eigenvalue weighted by molar-refractivity contribution is 7.56. The van der Waals surface area contributed by atoms with Gasteiger partial charge >= 0.3 is 7.75 Å². The number of nitrogens with zero attached hydrogens (tertiary/aromatic N) is 1. The highest BCUT2D eigenvalue weighted by Gasteiger charge is 2.42. The summed E-state index contributed by atoms with van der Waals surface area (Å²) < 4.78 is 25.2. The number of nitrogens with one attached hydrogen (secondary N) is 1. The molecule has 2 atom stereocenters. The number of likely N-dealkylation sites (tertiary alicyclic amines) is 1. The number of fused-ring (bicyclic) bond motifs is 1. The summed E-state index contributed by atoms with van der Waals surface area (Å²) in [5.74, 6) is 0.679. The third-order valence-electron chi connectivity index (χ3n) is 5.10. The van der Waals surface area contributed by atoms with Gasteiger partial charge in [0, 0.05) is 12.1 Å². The Morgan fingerprint density at radius 2 is 1.88 bits per heavy atom. The highest BCUT2D eigenvalue weighted by Crippen LogP contribution is 2.60. The van der Waals surface area contributed by atoms with Crippen molar-refractivity contribution in [1.29, 1.82) is 0 Å². The maximum absolute atomic E-state index is 13.3. The summed E-state index contributed by atoms with van der Waals surface area (Å²) in [5, 5.41) is 3.09. The molecule has 1 fully saturated rings. The number of anilines is 1. The SMILES string of the molecule is CN1CCCC(OP2(=O)Nc3cc(C(C)(C)C)cc(C(C)(C)C)c3O2)C1. The van der Waals surface area contributed by atoms with Gasteiger partial charge in [0.25, 0.3) is 0 Å². The summed E-state index contributed by atoms with van der Waals surface area (Å²) in [6, 6.07) is 4.24. The number of rotatable bonds is 2. The summed E-state index contributed by atoms with van der Waals surface area (Å²) in [7, 11) is -1.33. The lowest BCUT2D eigenvalue weighted by Gasteiger charge is -2.30. The van der Waals surface area contributed by atoms with Crippen LogP contribution >= 0.6 is 7.75 Å². The van der Waals surface area contributed by atoms with Crippen LogP contribution < -0.4 is 9.61 Å². The van der Waals surface area contributed by atoms with Gasteiger partial charge in [-0.2, -0.15) is 0 Å². The van der Waals surface area contributed by atoms with E-state index in [1.807, 2.05) is 0 Å². The lowest BCUT2D eigenvalue weighted by atomic mass is 9.80. The lowest BCUT2D eigenvalue weighted by Crippen LogP contribution is -2.36. The molecule has 0 aliphatic carbocycles. The van der Waals surface area contributed by atoms with Gasteiger partial charge in [-0.3, -0.25) is 9.61 Å². The van der Waals surface area contributed by atoms with E-state index >= 15 is 0 Å². The predicted molar refractivity (Wildman–Crippen MR) is 107 cm³/mol. The molecule has 146 valence electrons. The monoisotopic (exact) mass is 380 g/mol. The fourth-order valence-corrected chi connectivity index (χ4v) is 5.14. The van der Waals surface area contributed by atoms with Gasteiger partial charge in [-0.1, -0.05) is 47.6 Å². The van der Waals surface area contributed by atoms with Crippen molar-refractivity contribution in [3.8, 4) is 5.75 Å². The van der Waals surface area contributed by atoms with Gasteiger partial charge < -0.3 is 9.42 Å². The zero-order valence-corrected chi connectivity index (χ0v) is 18.1. The smallest absolute Gasteiger partial charge is 0.407 e. The number of piperidine rings is 1. The van der Waals surface area contributed by atoms with Gasteiger partial charge in [-0.05, 0) is 48.9 Å². The van der Waals surface area contributed by atoms with E-state index in [1.54, 1.807) is 0 Å².